The van der Waals surface area contributed by atoms with E-state index < -0.39 is 5.97 Å². The van der Waals surface area contributed by atoms with Crippen LogP contribution in [0, 0.1) is 0 Å². The van der Waals surface area contributed by atoms with Gasteiger partial charge in [0.25, 0.3) is 5.56 Å². The fourth-order valence-corrected chi connectivity index (χ4v) is 2.88. The number of H-pyrrole nitrogens is 2. The number of imidazole rings is 1. The maximum atomic E-state index is 12.0. The van der Waals surface area contributed by atoms with E-state index in [1.807, 2.05) is 0 Å². The van der Waals surface area contributed by atoms with Gasteiger partial charge < -0.3 is 21.1 Å². The van der Waals surface area contributed by atoms with Crippen LogP contribution in [0.2, 0.25) is 0 Å². The first-order valence-electron chi connectivity index (χ1n) is 8.25. The summed E-state index contributed by atoms with van der Waals surface area (Å²) >= 11 is 0. The number of nitrogens with two attached hydrogens (primary N) is 1. The summed E-state index contributed by atoms with van der Waals surface area (Å²) < 4.78 is 0. The Kier molecular flexibility index (Phi) is 3.96. The van der Waals surface area contributed by atoms with E-state index in [1.54, 1.807) is 36.4 Å². The van der Waals surface area contributed by atoms with Gasteiger partial charge in [-0.25, -0.2) is 14.8 Å². The molecule has 2 aromatic heterocycles. The van der Waals surface area contributed by atoms with Crippen LogP contribution in [-0.4, -0.2) is 37.6 Å². The quantitative estimate of drug-likeness (QED) is 0.362. The second-order valence-electron chi connectivity index (χ2n) is 6.10. The normalized spacial score (nSPS) is 11.1. The first-order chi connectivity index (χ1) is 13.0. The molecule has 0 radical (unpaired) electrons. The largest absolute Gasteiger partial charge is 0.478 e. The van der Waals surface area contributed by atoms with Gasteiger partial charge in [-0.1, -0.05) is 12.1 Å². The monoisotopic (exact) mass is 364 g/mol. The molecule has 4 rings (SSSR count). The average Bonchev–Trinajstić information content (AvgIpc) is 3.02. The van der Waals surface area contributed by atoms with Crippen LogP contribution in [0.3, 0.4) is 0 Å². The van der Waals surface area contributed by atoms with E-state index >= 15 is 0 Å². The summed E-state index contributed by atoms with van der Waals surface area (Å²) in [5.74, 6) is -0.300. The Hall–Kier alpha value is -3.88. The Labute approximate surface area is 152 Å². The average molecular weight is 364 g/mol. The maximum absolute atomic E-state index is 12.0. The number of benzene rings is 2. The molecule has 4 aromatic rings. The molecule has 9 nitrogen and oxygen atoms in total. The highest BCUT2D eigenvalue weighted by atomic mass is 16.4. The lowest BCUT2D eigenvalue weighted by atomic mass is 10.1. The molecular formula is C18H16N6O3. The lowest BCUT2D eigenvalue weighted by molar-refractivity contribution is 0.0697. The van der Waals surface area contributed by atoms with Crippen molar-refractivity contribution in [2.45, 2.75) is 6.42 Å². The van der Waals surface area contributed by atoms with E-state index in [2.05, 4.69) is 25.3 Å². The molecule has 0 unspecified atom stereocenters. The van der Waals surface area contributed by atoms with Gasteiger partial charge in [-0.15, -0.1) is 0 Å². The molecule has 27 heavy (non-hydrogen) atoms. The number of carboxylic acids is 1. The number of hydrogen-bond acceptors (Lipinski definition) is 6. The molecule has 0 aliphatic rings. The molecule has 6 N–H and O–H groups in total. The van der Waals surface area contributed by atoms with Crippen LogP contribution in [0.1, 0.15) is 15.9 Å². The minimum atomic E-state index is -0.940. The van der Waals surface area contributed by atoms with Crippen molar-refractivity contribution in [1.82, 2.24) is 19.9 Å². The van der Waals surface area contributed by atoms with Crippen molar-refractivity contribution < 1.29 is 9.90 Å². The van der Waals surface area contributed by atoms with Crippen molar-refractivity contribution in [1.29, 1.82) is 0 Å². The third kappa shape index (κ3) is 3.30. The van der Waals surface area contributed by atoms with Gasteiger partial charge in [0, 0.05) is 6.54 Å². The number of anilines is 2. The number of nitrogens with one attached hydrogen (secondary N) is 3. The van der Waals surface area contributed by atoms with E-state index in [0.29, 0.717) is 40.9 Å². The summed E-state index contributed by atoms with van der Waals surface area (Å²) in [5.41, 5.74) is 8.44. The van der Waals surface area contributed by atoms with Crippen LogP contribution in [0.4, 0.5) is 11.9 Å². The molecule has 0 aliphatic carbocycles. The van der Waals surface area contributed by atoms with E-state index in [-0.39, 0.29) is 17.1 Å². The van der Waals surface area contributed by atoms with Gasteiger partial charge >= 0.3 is 5.97 Å². The van der Waals surface area contributed by atoms with E-state index in [4.69, 9.17) is 10.8 Å². The number of aromatic nitrogens is 4. The summed E-state index contributed by atoms with van der Waals surface area (Å²) in [6.07, 6.45) is 0.705. The Morgan fingerprint density at radius 1 is 1.11 bits per heavy atom. The highest BCUT2D eigenvalue weighted by Crippen LogP contribution is 2.19. The second-order valence-corrected chi connectivity index (χ2v) is 6.10. The molecule has 0 amide bonds. The smallest absolute Gasteiger partial charge is 0.335 e. The molecular weight excluding hydrogens is 348 g/mol. The number of carboxylic acid groups (broad SMARTS) is 1. The van der Waals surface area contributed by atoms with Gasteiger partial charge in [-0.05, 0) is 36.2 Å². The first kappa shape index (κ1) is 16.6. The van der Waals surface area contributed by atoms with Crippen molar-refractivity contribution in [2.24, 2.45) is 0 Å². The van der Waals surface area contributed by atoms with Crippen molar-refractivity contribution in [3.8, 4) is 0 Å². The molecule has 9 heteroatoms. The lowest BCUT2D eigenvalue weighted by Gasteiger charge is -2.03. The molecule has 2 heterocycles. The Balaban J connectivity index is 1.50. The van der Waals surface area contributed by atoms with Crippen LogP contribution < -0.4 is 16.6 Å². The zero-order valence-electron chi connectivity index (χ0n) is 14.1. The molecule has 0 saturated carbocycles. The van der Waals surface area contributed by atoms with Crippen LogP contribution in [0.5, 0.6) is 0 Å². The standard InChI is InChI=1S/C18H16N6O3/c19-17-21-12-8-14-13(7-11(12)15(25)24-17)22-18(23-14)20-6-5-9-1-3-10(4-2-9)16(26)27/h1-4,7-8H,5-6H2,(H,26,27)(H2,20,22,23)(H3,19,21,24,25). The molecule has 0 bridgehead atoms. The summed E-state index contributed by atoms with van der Waals surface area (Å²) in [7, 11) is 0. The maximum Gasteiger partial charge on any atom is 0.335 e. The second kappa shape index (κ2) is 6.45. The number of carbonyl (C=O) groups is 1. The summed E-state index contributed by atoms with van der Waals surface area (Å²) in [5, 5.41) is 12.5. The minimum Gasteiger partial charge on any atom is -0.478 e. The zero-order valence-corrected chi connectivity index (χ0v) is 14.1. The minimum absolute atomic E-state index is 0.0645. The summed E-state index contributed by atoms with van der Waals surface area (Å²) in [4.78, 5) is 37.0. The van der Waals surface area contributed by atoms with Gasteiger partial charge in [0.1, 0.15) is 0 Å². The van der Waals surface area contributed by atoms with Crippen molar-refractivity contribution in [3.05, 3.63) is 57.9 Å². The summed E-state index contributed by atoms with van der Waals surface area (Å²) in [6, 6.07) is 10.2. The Morgan fingerprint density at radius 2 is 1.89 bits per heavy atom. The Bertz CT molecular complexity index is 1210. The van der Waals surface area contributed by atoms with Gasteiger partial charge in [0.15, 0.2) is 0 Å². The molecule has 0 atom stereocenters. The van der Waals surface area contributed by atoms with Gasteiger partial charge in [0.05, 0.1) is 27.5 Å². The van der Waals surface area contributed by atoms with Crippen molar-refractivity contribution in [2.75, 3.05) is 17.6 Å². The molecule has 0 saturated heterocycles. The van der Waals surface area contributed by atoms with E-state index in [1.165, 1.54) is 0 Å². The fraction of sp³-hybridized carbons (Fsp3) is 0.111. The first-order valence-corrected chi connectivity index (χ1v) is 8.25. The third-order valence-electron chi connectivity index (χ3n) is 4.23. The number of aromatic amines is 2. The summed E-state index contributed by atoms with van der Waals surface area (Å²) in [6.45, 7) is 0.609. The number of nitrogen functional groups attached to an aromatic ring is 1. The molecule has 0 aliphatic heterocycles. The van der Waals surface area contributed by atoms with Crippen molar-refractivity contribution in [3.63, 3.8) is 0 Å². The van der Waals surface area contributed by atoms with Gasteiger partial charge in [-0.2, -0.15) is 0 Å². The van der Waals surface area contributed by atoms with Crippen LogP contribution in [0.15, 0.2) is 41.2 Å². The number of fused-ring (bicyclic) bond motifs is 2. The molecule has 0 spiro atoms. The molecule has 2 aromatic carbocycles. The highest BCUT2D eigenvalue weighted by Gasteiger charge is 2.08. The van der Waals surface area contributed by atoms with Crippen molar-refractivity contribution >= 4 is 39.8 Å². The number of hydrogen-bond donors (Lipinski definition) is 5. The highest BCUT2D eigenvalue weighted by molar-refractivity contribution is 5.93. The zero-order chi connectivity index (χ0) is 19.0. The van der Waals surface area contributed by atoms with Crippen LogP contribution in [0.25, 0.3) is 21.9 Å². The number of nitrogens with zero attached hydrogens (tertiary/aromatic N) is 2. The van der Waals surface area contributed by atoms with E-state index in [9.17, 15) is 9.59 Å². The SMILES string of the molecule is Nc1nc2cc3nc(NCCc4ccc(C(=O)O)cc4)[nH]c3cc2c(=O)[nH]1. The predicted octanol–water partition coefficient (Wildman–Crippen LogP) is 1.73. The Morgan fingerprint density at radius 3 is 2.63 bits per heavy atom. The topological polar surface area (TPSA) is 150 Å². The van der Waals surface area contributed by atoms with E-state index in [0.717, 1.165) is 5.56 Å². The third-order valence-corrected chi connectivity index (χ3v) is 4.23. The van der Waals surface area contributed by atoms with Crippen LogP contribution >= 0.6 is 0 Å². The molecule has 136 valence electrons. The molecule has 0 fully saturated rings. The van der Waals surface area contributed by atoms with Gasteiger partial charge in [0.2, 0.25) is 11.9 Å². The number of aromatic carboxylic acids is 1. The predicted molar refractivity (Wildman–Crippen MR) is 102 cm³/mol. The van der Waals surface area contributed by atoms with Gasteiger partial charge in [-0.3, -0.25) is 9.78 Å². The lowest BCUT2D eigenvalue weighted by Crippen LogP contribution is -2.10. The number of rotatable bonds is 5. The van der Waals surface area contributed by atoms with Crippen LogP contribution in [-0.2, 0) is 6.42 Å². The fourth-order valence-electron chi connectivity index (χ4n) is 2.88.